The van der Waals surface area contributed by atoms with Crippen LogP contribution < -0.4 is 0 Å². The molecule has 2 heterocycles. The van der Waals surface area contributed by atoms with Crippen LogP contribution in [-0.4, -0.2) is 45.5 Å². The summed E-state index contributed by atoms with van der Waals surface area (Å²) in [6, 6.07) is 2.45. The van der Waals surface area contributed by atoms with Crippen molar-refractivity contribution in [1.29, 1.82) is 0 Å². The SMILES string of the molecule is Cn1nccc1CCN1CCC[C@@H]1CO. The van der Waals surface area contributed by atoms with Gasteiger partial charge in [-0.15, -0.1) is 0 Å². The van der Waals surface area contributed by atoms with Gasteiger partial charge >= 0.3 is 0 Å². The quantitative estimate of drug-likeness (QED) is 0.781. The van der Waals surface area contributed by atoms with Gasteiger partial charge in [-0.3, -0.25) is 9.58 Å². The highest BCUT2D eigenvalue weighted by Crippen LogP contribution is 2.16. The van der Waals surface area contributed by atoms with Crippen LogP contribution in [0, 0.1) is 0 Å². The molecule has 0 bridgehead atoms. The lowest BCUT2D eigenvalue weighted by molar-refractivity contribution is 0.159. The summed E-state index contributed by atoms with van der Waals surface area (Å²) in [7, 11) is 1.98. The molecule has 1 aliphatic rings. The Bertz CT molecular complexity index is 311. The molecule has 4 heteroatoms. The van der Waals surface area contributed by atoms with Gasteiger partial charge in [-0.2, -0.15) is 5.10 Å². The third-order valence-electron chi connectivity index (χ3n) is 3.29. The highest BCUT2D eigenvalue weighted by molar-refractivity contribution is 5.00. The van der Waals surface area contributed by atoms with E-state index in [9.17, 15) is 5.11 Å². The summed E-state index contributed by atoms with van der Waals surface area (Å²) in [5.74, 6) is 0. The maximum absolute atomic E-state index is 9.19. The number of hydrogen-bond donors (Lipinski definition) is 1. The highest BCUT2D eigenvalue weighted by Gasteiger charge is 2.23. The Kier molecular flexibility index (Phi) is 3.38. The summed E-state index contributed by atoms with van der Waals surface area (Å²) < 4.78 is 1.92. The molecule has 2 rings (SSSR count). The van der Waals surface area contributed by atoms with Crippen molar-refractivity contribution in [3.05, 3.63) is 18.0 Å². The van der Waals surface area contributed by atoms with E-state index in [1.54, 1.807) is 0 Å². The van der Waals surface area contributed by atoms with Gasteiger partial charge in [0.1, 0.15) is 0 Å². The number of aryl methyl sites for hydroxylation is 1. The number of likely N-dealkylation sites (tertiary alicyclic amines) is 1. The van der Waals surface area contributed by atoms with E-state index in [1.807, 2.05) is 17.9 Å². The van der Waals surface area contributed by atoms with E-state index in [4.69, 9.17) is 0 Å². The minimum atomic E-state index is 0.297. The van der Waals surface area contributed by atoms with Crippen LogP contribution in [0.25, 0.3) is 0 Å². The van der Waals surface area contributed by atoms with Gasteiger partial charge in [0, 0.05) is 37.9 Å². The molecule has 84 valence electrons. The van der Waals surface area contributed by atoms with Crippen molar-refractivity contribution in [3.8, 4) is 0 Å². The molecule has 0 aromatic carbocycles. The van der Waals surface area contributed by atoms with E-state index in [2.05, 4.69) is 16.1 Å². The van der Waals surface area contributed by atoms with Crippen LogP contribution in [0.4, 0.5) is 0 Å². The van der Waals surface area contributed by atoms with Gasteiger partial charge in [0.2, 0.25) is 0 Å². The zero-order valence-corrected chi connectivity index (χ0v) is 9.26. The first-order valence-electron chi connectivity index (χ1n) is 5.63. The summed E-state index contributed by atoms with van der Waals surface area (Å²) >= 11 is 0. The fraction of sp³-hybridized carbons (Fsp3) is 0.727. The largest absolute Gasteiger partial charge is 0.395 e. The summed E-state index contributed by atoms with van der Waals surface area (Å²) in [6.07, 6.45) is 5.22. The smallest absolute Gasteiger partial charge is 0.0586 e. The van der Waals surface area contributed by atoms with E-state index in [0.717, 1.165) is 25.9 Å². The predicted octanol–water partition coefficient (Wildman–Crippen LogP) is 0.419. The fourth-order valence-electron chi connectivity index (χ4n) is 2.30. The second-order valence-corrected chi connectivity index (χ2v) is 4.21. The minimum Gasteiger partial charge on any atom is -0.395 e. The molecule has 0 spiro atoms. The van der Waals surface area contributed by atoms with Gasteiger partial charge in [0.05, 0.1) is 6.61 Å². The van der Waals surface area contributed by atoms with Gasteiger partial charge in [0.15, 0.2) is 0 Å². The second kappa shape index (κ2) is 4.77. The summed E-state index contributed by atoms with van der Waals surface area (Å²) in [4.78, 5) is 2.38. The van der Waals surface area contributed by atoms with Crippen molar-refractivity contribution < 1.29 is 5.11 Å². The maximum atomic E-state index is 9.19. The lowest BCUT2D eigenvalue weighted by Gasteiger charge is -2.22. The Morgan fingerprint density at radius 2 is 2.47 bits per heavy atom. The molecule has 1 aliphatic heterocycles. The van der Waals surface area contributed by atoms with Gasteiger partial charge < -0.3 is 5.11 Å². The molecular weight excluding hydrogens is 190 g/mol. The molecular formula is C11H19N3O. The van der Waals surface area contributed by atoms with Crippen LogP contribution in [0.1, 0.15) is 18.5 Å². The Labute approximate surface area is 90.5 Å². The van der Waals surface area contributed by atoms with Crippen LogP contribution in [0.2, 0.25) is 0 Å². The van der Waals surface area contributed by atoms with Gasteiger partial charge in [-0.1, -0.05) is 0 Å². The van der Waals surface area contributed by atoms with Crippen LogP contribution in [0.5, 0.6) is 0 Å². The average Bonchev–Trinajstić information content (AvgIpc) is 2.83. The van der Waals surface area contributed by atoms with Crippen LogP contribution in [0.3, 0.4) is 0 Å². The summed E-state index contributed by atoms with van der Waals surface area (Å²) in [5, 5.41) is 13.3. The van der Waals surface area contributed by atoms with E-state index in [1.165, 1.54) is 12.1 Å². The third kappa shape index (κ3) is 2.38. The highest BCUT2D eigenvalue weighted by atomic mass is 16.3. The normalized spacial score (nSPS) is 22.4. The summed E-state index contributed by atoms with van der Waals surface area (Å²) in [6.45, 7) is 2.46. The monoisotopic (exact) mass is 209 g/mol. The van der Waals surface area contributed by atoms with Crippen molar-refractivity contribution in [2.45, 2.75) is 25.3 Å². The van der Waals surface area contributed by atoms with Crippen molar-refractivity contribution in [2.75, 3.05) is 19.7 Å². The van der Waals surface area contributed by atoms with Crippen molar-refractivity contribution in [2.24, 2.45) is 7.05 Å². The van der Waals surface area contributed by atoms with E-state index < -0.39 is 0 Å². The Hall–Kier alpha value is -0.870. The number of nitrogens with zero attached hydrogens (tertiary/aromatic N) is 3. The Morgan fingerprint density at radius 1 is 1.60 bits per heavy atom. The number of rotatable bonds is 4. The number of aliphatic hydroxyl groups is 1. The molecule has 1 atom stereocenters. The molecule has 0 amide bonds. The second-order valence-electron chi connectivity index (χ2n) is 4.21. The molecule has 0 unspecified atom stereocenters. The lowest BCUT2D eigenvalue weighted by Crippen LogP contribution is -2.34. The molecule has 1 N–H and O–H groups in total. The molecule has 1 fully saturated rings. The van der Waals surface area contributed by atoms with Crippen molar-refractivity contribution in [3.63, 3.8) is 0 Å². The Balaban J connectivity index is 1.85. The standard InChI is InChI=1S/C11H19N3O/c1-13-10(4-6-12-13)5-8-14-7-2-3-11(14)9-15/h4,6,11,15H,2-3,5,7-9H2,1H3/t11-/m1/s1. The van der Waals surface area contributed by atoms with Crippen LogP contribution >= 0.6 is 0 Å². The van der Waals surface area contributed by atoms with E-state index >= 15 is 0 Å². The molecule has 1 saturated heterocycles. The molecule has 1 aromatic rings. The van der Waals surface area contributed by atoms with E-state index in [0.29, 0.717) is 12.6 Å². The molecule has 1 aromatic heterocycles. The fourth-order valence-corrected chi connectivity index (χ4v) is 2.30. The molecule has 15 heavy (non-hydrogen) atoms. The number of aliphatic hydroxyl groups excluding tert-OH is 1. The molecule has 4 nitrogen and oxygen atoms in total. The van der Waals surface area contributed by atoms with Crippen LogP contribution in [-0.2, 0) is 13.5 Å². The first kappa shape index (κ1) is 10.6. The predicted molar refractivity (Wildman–Crippen MR) is 58.6 cm³/mol. The number of hydrogen-bond acceptors (Lipinski definition) is 3. The van der Waals surface area contributed by atoms with E-state index in [-0.39, 0.29) is 0 Å². The molecule has 0 aliphatic carbocycles. The zero-order chi connectivity index (χ0) is 10.7. The first-order valence-corrected chi connectivity index (χ1v) is 5.63. The Morgan fingerprint density at radius 3 is 3.13 bits per heavy atom. The number of aromatic nitrogens is 2. The van der Waals surface area contributed by atoms with Gasteiger partial charge in [-0.05, 0) is 25.5 Å². The topological polar surface area (TPSA) is 41.3 Å². The molecule has 0 saturated carbocycles. The summed E-state index contributed by atoms with van der Waals surface area (Å²) in [5.41, 5.74) is 1.26. The minimum absolute atomic E-state index is 0.297. The third-order valence-corrected chi connectivity index (χ3v) is 3.29. The van der Waals surface area contributed by atoms with Gasteiger partial charge in [0.25, 0.3) is 0 Å². The van der Waals surface area contributed by atoms with Crippen LogP contribution in [0.15, 0.2) is 12.3 Å². The first-order chi connectivity index (χ1) is 7.31. The van der Waals surface area contributed by atoms with Gasteiger partial charge in [-0.25, -0.2) is 0 Å². The lowest BCUT2D eigenvalue weighted by atomic mass is 10.2. The maximum Gasteiger partial charge on any atom is 0.0586 e. The zero-order valence-electron chi connectivity index (χ0n) is 9.26. The van der Waals surface area contributed by atoms with Crippen molar-refractivity contribution >= 4 is 0 Å². The molecule has 0 radical (unpaired) electrons. The van der Waals surface area contributed by atoms with Crippen molar-refractivity contribution in [1.82, 2.24) is 14.7 Å². The average molecular weight is 209 g/mol.